The quantitative estimate of drug-likeness (QED) is 0.349. The molecule has 4 heavy (non-hydrogen) atoms. The van der Waals surface area contributed by atoms with Gasteiger partial charge in [0.15, 0.2) is 0 Å². The summed E-state index contributed by atoms with van der Waals surface area (Å²) in [5.74, 6) is 0. The van der Waals surface area contributed by atoms with Crippen LogP contribution in [0.3, 0.4) is 0 Å². The Morgan fingerprint density at radius 2 is 2.00 bits per heavy atom. The monoisotopic (exact) mass is 63.0 g/mol. The fourth-order valence-electron chi connectivity index (χ4n) is 0. The van der Waals surface area contributed by atoms with Gasteiger partial charge in [-0.15, -0.1) is 0 Å². The van der Waals surface area contributed by atoms with E-state index in [1.165, 1.54) is 0 Å². The molecule has 0 saturated carbocycles. The molecule has 0 atom stereocenters. The van der Waals surface area contributed by atoms with Gasteiger partial charge in [0.2, 0.25) is 0 Å². The lowest BCUT2D eigenvalue weighted by molar-refractivity contribution is -0.468. The first-order valence-electron chi connectivity index (χ1n) is 0.638. The summed E-state index contributed by atoms with van der Waals surface area (Å²) in [6, 6.07) is 0. The largest absolute Gasteiger partial charge is 0.221 e. The summed E-state index contributed by atoms with van der Waals surface area (Å²) in [7, 11) is 2.63. The standard InChI is InChI=1S/CH3O3/c1-3-4-2/h2H,1H2. The molecular weight excluding hydrogens is 60.0 g/mol. The van der Waals surface area contributed by atoms with Gasteiger partial charge in [-0.2, -0.15) is 0 Å². The summed E-state index contributed by atoms with van der Waals surface area (Å²) in [5, 5.41) is 10.0. The van der Waals surface area contributed by atoms with E-state index in [0.717, 1.165) is 0 Å². The predicted octanol–water partition coefficient (Wildman–Crippen LogP) is 0.199. The van der Waals surface area contributed by atoms with Crippen molar-refractivity contribution in [1.82, 2.24) is 0 Å². The van der Waals surface area contributed by atoms with Gasteiger partial charge in [0.05, 0.1) is 0 Å². The zero-order valence-electron chi connectivity index (χ0n) is 1.97. The number of hydrogen-bond acceptors (Lipinski definition) is 3. The van der Waals surface area contributed by atoms with Crippen LogP contribution in [0.15, 0.2) is 0 Å². The molecule has 0 spiro atoms. The van der Waals surface area contributed by atoms with Crippen LogP contribution in [0.4, 0.5) is 0 Å². The minimum absolute atomic E-state index is 2.63. The third kappa shape index (κ3) is 1.88. The second kappa shape index (κ2) is 2.88. The van der Waals surface area contributed by atoms with Crippen molar-refractivity contribution in [2.45, 2.75) is 0 Å². The SMILES string of the molecule is [CH2]OOO. The molecule has 0 aromatic heterocycles. The van der Waals surface area contributed by atoms with E-state index in [1.54, 1.807) is 0 Å². The van der Waals surface area contributed by atoms with Crippen LogP contribution < -0.4 is 0 Å². The molecular formula is CH3O3. The normalized spacial score (nSPS) is 7.50. The Bertz CT molecular complexity index is 5.25. The molecule has 0 aliphatic heterocycles. The minimum Gasteiger partial charge on any atom is -0.221 e. The molecule has 0 aromatic rings. The maximum atomic E-state index is 7.09. The molecule has 3 heteroatoms. The van der Waals surface area contributed by atoms with Crippen LogP contribution >= 0.6 is 0 Å². The molecule has 0 fully saturated rings. The predicted molar refractivity (Wildman–Crippen MR) is 10.2 cm³/mol. The maximum absolute atomic E-state index is 7.09. The molecule has 0 aliphatic carbocycles. The van der Waals surface area contributed by atoms with Crippen LogP contribution in [0.1, 0.15) is 0 Å². The van der Waals surface area contributed by atoms with Gasteiger partial charge in [-0.1, -0.05) is 5.04 Å². The third-order valence-corrected chi connectivity index (χ3v) is 0.0527. The van der Waals surface area contributed by atoms with Gasteiger partial charge in [0.1, 0.15) is 7.11 Å². The molecule has 0 rings (SSSR count). The molecule has 3 nitrogen and oxygen atoms in total. The van der Waals surface area contributed by atoms with E-state index in [2.05, 4.69) is 17.0 Å². The molecule has 0 heterocycles. The van der Waals surface area contributed by atoms with Gasteiger partial charge in [0.25, 0.3) is 0 Å². The van der Waals surface area contributed by atoms with Crippen LogP contribution in [-0.4, -0.2) is 5.26 Å². The second-order valence-electron chi connectivity index (χ2n) is 0.192. The summed E-state index contributed by atoms with van der Waals surface area (Å²) in [5.41, 5.74) is 0. The van der Waals surface area contributed by atoms with Crippen LogP contribution in [0.5, 0.6) is 0 Å². The highest BCUT2D eigenvalue weighted by atomic mass is 17.5. The fraction of sp³-hybridized carbons (Fsp3) is 0. The Hall–Kier alpha value is -0.120. The van der Waals surface area contributed by atoms with Crippen molar-refractivity contribution >= 4 is 0 Å². The molecule has 0 bridgehead atoms. The number of rotatable bonds is 1. The molecule has 0 amide bonds. The van der Waals surface area contributed by atoms with Crippen LogP contribution in [0.2, 0.25) is 0 Å². The van der Waals surface area contributed by atoms with Crippen molar-refractivity contribution in [2.24, 2.45) is 0 Å². The average molecular weight is 63.0 g/mol. The topological polar surface area (TPSA) is 38.7 Å². The van der Waals surface area contributed by atoms with Gasteiger partial charge in [0, 0.05) is 0 Å². The summed E-state index contributed by atoms with van der Waals surface area (Å²) in [4.78, 5) is 3.35. The maximum Gasteiger partial charge on any atom is 0.112 e. The van der Waals surface area contributed by atoms with Crippen molar-refractivity contribution in [2.75, 3.05) is 0 Å². The van der Waals surface area contributed by atoms with E-state index in [4.69, 9.17) is 5.26 Å². The number of hydrogen-bond donors (Lipinski definition) is 1. The van der Waals surface area contributed by atoms with Crippen LogP contribution in [0.25, 0.3) is 0 Å². The van der Waals surface area contributed by atoms with Gasteiger partial charge >= 0.3 is 0 Å². The highest BCUT2D eigenvalue weighted by Gasteiger charge is 1.51. The van der Waals surface area contributed by atoms with E-state index in [9.17, 15) is 0 Å². The average Bonchev–Trinajstić information content (AvgIpc) is 1.37. The van der Waals surface area contributed by atoms with Crippen molar-refractivity contribution in [3.8, 4) is 0 Å². The van der Waals surface area contributed by atoms with E-state index in [0.29, 0.717) is 0 Å². The first-order chi connectivity index (χ1) is 1.91. The van der Waals surface area contributed by atoms with E-state index in [-0.39, 0.29) is 0 Å². The molecule has 0 saturated heterocycles. The van der Waals surface area contributed by atoms with Crippen LogP contribution in [-0.2, 0) is 9.93 Å². The highest BCUT2D eigenvalue weighted by Crippen LogP contribution is 1.55. The molecule has 0 unspecified atom stereocenters. The lowest BCUT2D eigenvalue weighted by atomic mass is 11.8. The van der Waals surface area contributed by atoms with Gasteiger partial charge in [-0.25, -0.2) is 10.1 Å². The van der Waals surface area contributed by atoms with E-state index in [1.807, 2.05) is 0 Å². The molecule has 25 valence electrons. The van der Waals surface area contributed by atoms with Crippen molar-refractivity contribution < 1.29 is 15.2 Å². The molecule has 1 radical (unpaired) electrons. The molecule has 0 aromatic carbocycles. The summed E-state index contributed by atoms with van der Waals surface area (Å²) >= 11 is 0. The van der Waals surface area contributed by atoms with Gasteiger partial charge in [-0.05, 0) is 0 Å². The Kier molecular flexibility index (Phi) is 2.79. The van der Waals surface area contributed by atoms with Crippen molar-refractivity contribution in [3.63, 3.8) is 0 Å². The second-order valence-corrected chi connectivity index (χ2v) is 0.192. The lowest BCUT2D eigenvalue weighted by Gasteiger charge is -1.74. The first-order valence-corrected chi connectivity index (χ1v) is 0.638. The summed E-state index contributed by atoms with van der Waals surface area (Å²) in [6.07, 6.45) is 0. The zero-order chi connectivity index (χ0) is 3.41. The smallest absolute Gasteiger partial charge is 0.112 e. The van der Waals surface area contributed by atoms with Gasteiger partial charge in [-0.3, -0.25) is 0 Å². The first kappa shape index (κ1) is 3.88. The lowest BCUT2D eigenvalue weighted by Crippen LogP contribution is -1.70. The Labute approximate surface area is 23.6 Å². The van der Waals surface area contributed by atoms with Gasteiger partial charge < -0.3 is 0 Å². The molecule has 0 aliphatic rings. The van der Waals surface area contributed by atoms with Crippen molar-refractivity contribution in [1.29, 1.82) is 0 Å². The highest BCUT2D eigenvalue weighted by molar-refractivity contribution is 3.70. The van der Waals surface area contributed by atoms with Crippen LogP contribution in [0, 0.1) is 7.11 Å². The fourth-order valence-corrected chi connectivity index (χ4v) is 0. The summed E-state index contributed by atoms with van der Waals surface area (Å²) < 4.78 is 0. The minimum atomic E-state index is 2.63. The van der Waals surface area contributed by atoms with E-state index < -0.39 is 0 Å². The molecule has 1 N–H and O–H groups in total. The van der Waals surface area contributed by atoms with E-state index >= 15 is 0 Å². The van der Waals surface area contributed by atoms with Crippen molar-refractivity contribution in [3.05, 3.63) is 7.11 Å². The Morgan fingerprint density at radius 3 is 2.00 bits per heavy atom. The Balaban J connectivity index is 1.97. The Morgan fingerprint density at radius 1 is 1.75 bits per heavy atom. The zero-order valence-corrected chi connectivity index (χ0v) is 1.97. The third-order valence-electron chi connectivity index (χ3n) is 0.0527. The summed E-state index contributed by atoms with van der Waals surface area (Å²) in [6.45, 7) is 0.